The number of aromatic nitrogens is 2. The number of rotatable bonds is 4. The number of fused-ring (bicyclic) bond motifs is 1. The van der Waals surface area contributed by atoms with Gasteiger partial charge in [-0.3, -0.25) is 4.79 Å². The molecule has 3 rings (SSSR count). The lowest BCUT2D eigenvalue weighted by Crippen LogP contribution is -2.34. The van der Waals surface area contributed by atoms with Crippen LogP contribution in [0.5, 0.6) is 0 Å². The highest BCUT2D eigenvalue weighted by molar-refractivity contribution is 5.73. The molecule has 122 valence electrons. The Hall–Kier alpha value is -1.40. The van der Waals surface area contributed by atoms with Crippen LogP contribution in [0.3, 0.4) is 0 Å². The smallest absolute Gasteiger partial charge is 0.219 e. The molecule has 1 atom stereocenters. The van der Waals surface area contributed by atoms with Crippen LogP contribution >= 0.6 is 0 Å². The monoisotopic (exact) mass is 307 g/mol. The number of amides is 1. The third kappa shape index (κ3) is 3.87. The zero-order valence-corrected chi connectivity index (χ0v) is 13.2. The summed E-state index contributed by atoms with van der Waals surface area (Å²) in [6.07, 6.45) is 5.89. The van der Waals surface area contributed by atoms with Crippen molar-refractivity contribution in [2.75, 3.05) is 33.0 Å². The van der Waals surface area contributed by atoms with Crippen molar-refractivity contribution < 1.29 is 14.3 Å². The molecule has 1 saturated heterocycles. The van der Waals surface area contributed by atoms with E-state index in [0.29, 0.717) is 25.0 Å². The predicted octanol–water partition coefficient (Wildman–Crippen LogP) is 1.30. The van der Waals surface area contributed by atoms with E-state index in [1.807, 2.05) is 17.4 Å². The molecule has 6 nitrogen and oxygen atoms in total. The van der Waals surface area contributed by atoms with E-state index < -0.39 is 0 Å². The second kappa shape index (κ2) is 7.24. The third-order valence-corrected chi connectivity index (χ3v) is 4.58. The van der Waals surface area contributed by atoms with E-state index in [0.717, 1.165) is 51.4 Å². The summed E-state index contributed by atoms with van der Waals surface area (Å²) in [5.74, 6) is 1.05. The molecule has 0 aromatic carbocycles. The SMILES string of the molecule is CC(=O)N1Cc2cncn2C[C@@H](COCC2CCOCC2)C1. The molecule has 0 spiro atoms. The van der Waals surface area contributed by atoms with Gasteiger partial charge in [-0.15, -0.1) is 0 Å². The van der Waals surface area contributed by atoms with Gasteiger partial charge in [0.1, 0.15) is 0 Å². The standard InChI is InChI=1S/C16H25N3O3/c1-13(20)18-7-15(8-19-12-17-6-16(19)9-18)11-22-10-14-2-4-21-5-3-14/h6,12,14-15H,2-5,7-11H2,1H3/t15-/m0/s1. The maximum atomic E-state index is 11.8. The molecule has 0 radical (unpaired) electrons. The van der Waals surface area contributed by atoms with Gasteiger partial charge in [0.05, 0.1) is 25.2 Å². The van der Waals surface area contributed by atoms with Crippen molar-refractivity contribution in [3.63, 3.8) is 0 Å². The molecule has 2 aliphatic heterocycles. The van der Waals surface area contributed by atoms with Crippen LogP contribution in [0, 0.1) is 11.8 Å². The van der Waals surface area contributed by atoms with Crippen molar-refractivity contribution in [3.8, 4) is 0 Å². The maximum Gasteiger partial charge on any atom is 0.219 e. The van der Waals surface area contributed by atoms with Crippen LogP contribution in [0.15, 0.2) is 12.5 Å². The zero-order chi connectivity index (χ0) is 15.4. The van der Waals surface area contributed by atoms with Crippen molar-refractivity contribution >= 4 is 5.91 Å². The van der Waals surface area contributed by atoms with Crippen LogP contribution in [-0.4, -0.2) is 53.3 Å². The van der Waals surface area contributed by atoms with Gasteiger partial charge in [0.2, 0.25) is 5.91 Å². The van der Waals surface area contributed by atoms with Crippen LogP contribution in [0.4, 0.5) is 0 Å². The van der Waals surface area contributed by atoms with E-state index in [1.165, 1.54) is 0 Å². The summed E-state index contributed by atoms with van der Waals surface area (Å²) in [6.45, 7) is 7.10. The fourth-order valence-corrected chi connectivity index (χ4v) is 3.21. The first kappa shape index (κ1) is 15.5. The number of carbonyl (C=O) groups excluding carboxylic acids is 1. The molecule has 2 aliphatic rings. The molecule has 1 amide bonds. The van der Waals surface area contributed by atoms with Gasteiger partial charge in [-0.2, -0.15) is 0 Å². The van der Waals surface area contributed by atoms with Crippen LogP contribution in [0.25, 0.3) is 0 Å². The first-order chi connectivity index (χ1) is 10.7. The minimum absolute atomic E-state index is 0.115. The zero-order valence-electron chi connectivity index (χ0n) is 13.2. The minimum Gasteiger partial charge on any atom is -0.381 e. The number of carbonyl (C=O) groups is 1. The van der Waals surface area contributed by atoms with Crippen molar-refractivity contribution in [1.29, 1.82) is 0 Å². The van der Waals surface area contributed by atoms with Crippen molar-refractivity contribution in [2.45, 2.75) is 32.9 Å². The molecule has 1 aromatic heterocycles. The summed E-state index contributed by atoms with van der Waals surface area (Å²) in [6, 6.07) is 0. The van der Waals surface area contributed by atoms with E-state index in [4.69, 9.17) is 9.47 Å². The molecular weight excluding hydrogens is 282 g/mol. The Morgan fingerprint density at radius 3 is 2.86 bits per heavy atom. The molecule has 3 heterocycles. The van der Waals surface area contributed by atoms with E-state index in [1.54, 1.807) is 6.92 Å². The average Bonchev–Trinajstić information content (AvgIpc) is 2.87. The highest BCUT2D eigenvalue weighted by Gasteiger charge is 2.24. The Balaban J connectivity index is 1.54. The Morgan fingerprint density at radius 1 is 1.32 bits per heavy atom. The van der Waals surface area contributed by atoms with E-state index in [2.05, 4.69) is 9.55 Å². The predicted molar refractivity (Wildman–Crippen MR) is 81.2 cm³/mol. The van der Waals surface area contributed by atoms with Crippen molar-refractivity contribution in [1.82, 2.24) is 14.5 Å². The van der Waals surface area contributed by atoms with Gasteiger partial charge in [-0.1, -0.05) is 0 Å². The average molecular weight is 307 g/mol. The third-order valence-electron chi connectivity index (χ3n) is 4.58. The highest BCUT2D eigenvalue weighted by Crippen LogP contribution is 2.18. The molecule has 6 heteroatoms. The van der Waals surface area contributed by atoms with Crippen LogP contribution in [0.1, 0.15) is 25.5 Å². The number of imidazole rings is 1. The fourth-order valence-electron chi connectivity index (χ4n) is 3.21. The first-order valence-corrected chi connectivity index (χ1v) is 8.12. The molecule has 1 aromatic rings. The number of ether oxygens (including phenoxy) is 2. The molecule has 0 aliphatic carbocycles. The van der Waals surface area contributed by atoms with Crippen molar-refractivity contribution in [2.24, 2.45) is 11.8 Å². The molecule has 1 fully saturated rings. The minimum atomic E-state index is 0.115. The normalized spacial score (nSPS) is 23.1. The summed E-state index contributed by atoms with van der Waals surface area (Å²) in [7, 11) is 0. The quantitative estimate of drug-likeness (QED) is 0.841. The molecule has 22 heavy (non-hydrogen) atoms. The van der Waals surface area contributed by atoms with Gasteiger partial charge >= 0.3 is 0 Å². The van der Waals surface area contributed by atoms with Crippen LogP contribution in [-0.2, 0) is 27.4 Å². The second-order valence-corrected chi connectivity index (χ2v) is 6.40. The Labute approximate surface area is 131 Å². The van der Waals surface area contributed by atoms with Gasteiger partial charge in [0.15, 0.2) is 0 Å². The van der Waals surface area contributed by atoms with E-state index >= 15 is 0 Å². The Kier molecular flexibility index (Phi) is 5.10. The van der Waals surface area contributed by atoms with E-state index in [-0.39, 0.29) is 5.91 Å². The van der Waals surface area contributed by atoms with Gasteiger partial charge in [-0.05, 0) is 18.8 Å². The van der Waals surface area contributed by atoms with Gasteiger partial charge in [-0.25, -0.2) is 4.98 Å². The number of nitrogens with zero attached hydrogens (tertiary/aromatic N) is 3. The Bertz CT molecular complexity index is 497. The molecule has 0 bridgehead atoms. The lowest BCUT2D eigenvalue weighted by Gasteiger charge is -2.25. The molecular formula is C16H25N3O3. The van der Waals surface area contributed by atoms with Crippen LogP contribution < -0.4 is 0 Å². The van der Waals surface area contributed by atoms with Gasteiger partial charge < -0.3 is 18.9 Å². The fraction of sp³-hybridized carbons (Fsp3) is 0.750. The van der Waals surface area contributed by atoms with Crippen molar-refractivity contribution in [3.05, 3.63) is 18.2 Å². The Morgan fingerprint density at radius 2 is 2.09 bits per heavy atom. The summed E-state index contributed by atoms with van der Waals surface area (Å²) >= 11 is 0. The maximum absolute atomic E-state index is 11.8. The summed E-state index contributed by atoms with van der Waals surface area (Å²) in [5, 5.41) is 0. The number of hydrogen-bond donors (Lipinski definition) is 0. The summed E-state index contributed by atoms with van der Waals surface area (Å²) < 4.78 is 13.5. The lowest BCUT2D eigenvalue weighted by molar-refractivity contribution is -0.130. The second-order valence-electron chi connectivity index (χ2n) is 6.40. The largest absolute Gasteiger partial charge is 0.381 e. The molecule has 0 saturated carbocycles. The van der Waals surface area contributed by atoms with E-state index in [9.17, 15) is 4.79 Å². The number of hydrogen-bond acceptors (Lipinski definition) is 4. The lowest BCUT2D eigenvalue weighted by atomic mass is 10.0. The van der Waals surface area contributed by atoms with Crippen LogP contribution in [0.2, 0.25) is 0 Å². The summed E-state index contributed by atoms with van der Waals surface area (Å²) in [5.41, 5.74) is 1.10. The molecule has 0 N–H and O–H groups in total. The summed E-state index contributed by atoms with van der Waals surface area (Å²) in [4.78, 5) is 17.9. The topological polar surface area (TPSA) is 56.6 Å². The van der Waals surface area contributed by atoms with Gasteiger partial charge in [0, 0.05) is 51.9 Å². The van der Waals surface area contributed by atoms with Gasteiger partial charge in [0.25, 0.3) is 0 Å². The highest BCUT2D eigenvalue weighted by atomic mass is 16.5. The molecule has 0 unspecified atom stereocenters. The first-order valence-electron chi connectivity index (χ1n) is 8.12.